The van der Waals surface area contributed by atoms with Crippen LogP contribution in [-0.4, -0.2) is 15.5 Å². The summed E-state index contributed by atoms with van der Waals surface area (Å²) in [7, 11) is -2.01. The van der Waals surface area contributed by atoms with Gasteiger partial charge in [0.1, 0.15) is 4.90 Å². The van der Waals surface area contributed by atoms with Crippen LogP contribution in [0.5, 0.6) is 0 Å². The monoisotopic (exact) mass is 322 g/mol. The fourth-order valence-corrected chi connectivity index (χ4v) is 4.72. The second kappa shape index (κ2) is 5.79. The van der Waals surface area contributed by atoms with E-state index in [1.54, 1.807) is 18.2 Å². The lowest BCUT2D eigenvalue weighted by atomic mass is 10.2. The van der Waals surface area contributed by atoms with Crippen LogP contribution in [0.2, 0.25) is 0 Å². The van der Waals surface area contributed by atoms with Gasteiger partial charge in [-0.25, -0.2) is 13.1 Å². The van der Waals surface area contributed by atoms with Crippen LogP contribution in [0.4, 0.5) is 5.69 Å². The van der Waals surface area contributed by atoms with Crippen molar-refractivity contribution in [2.45, 2.75) is 30.7 Å². The van der Waals surface area contributed by atoms with Gasteiger partial charge in [0.05, 0.1) is 5.69 Å². The molecule has 0 radical (unpaired) electrons. The number of para-hydroxylation sites is 1. The lowest BCUT2D eigenvalue weighted by Gasteiger charge is -2.11. The lowest BCUT2D eigenvalue weighted by molar-refractivity contribution is 0.588. The molecule has 0 saturated carbocycles. The number of hydrogen-bond donors (Lipinski definition) is 2. The number of aryl methyl sites for hydroxylation is 2. The Kier molecular flexibility index (Phi) is 4.01. The predicted octanol–water partition coefficient (Wildman–Crippen LogP) is 2.76. The Hall–Kier alpha value is -1.37. The lowest BCUT2D eigenvalue weighted by Crippen LogP contribution is -2.20. The normalized spacial score (nSPS) is 14.1. The van der Waals surface area contributed by atoms with Gasteiger partial charge < -0.3 is 5.32 Å². The number of benzene rings is 1. The van der Waals surface area contributed by atoms with E-state index < -0.39 is 10.0 Å². The van der Waals surface area contributed by atoms with E-state index in [0.717, 1.165) is 0 Å². The maximum absolute atomic E-state index is 12.0. The average Bonchev–Trinajstić information content (AvgIpc) is 3.06. The molecule has 0 atom stereocenters. The maximum atomic E-state index is 12.0. The summed E-state index contributed by atoms with van der Waals surface area (Å²) in [5.74, 6) is 0. The van der Waals surface area contributed by atoms with Gasteiger partial charge in [0.15, 0.2) is 0 Å². The van der Waals surface area contributed by atoms with Crippen molar-refractivity contribution in [2.75, 3.05) is 12.4 Å². The highest BCUT2D eigenvalue weighted by Gasteiger charge is 2.17. The summed E-state index contributed by atoms with van der Waals surface area (Å²) in [5, 5.41) is 3.25. The molecule has 1 aliphatic carbocycles. The minimum absolute atomic E-state index is 0.289. The zero-order valence-corrected chi connectivity index (χ0v) is 13.5. The van der Waals surface area contributed by atoms with Crippen molar-refractivity contribution >= 4 is 27.0 Å². The van der Waals surface area contributed by atoms with Crippen molar-refractivity contribution in [3.63, 3.8) is 0 Å². The van der Waals surface area contributed by atoms with E-state index in [-0.39, 0.29) is 4.90 Å². The maximum Gasteiger partial charge on any atom is 0.242 e. The van der Waals surface area contributed by atoms with E-state index in [2.05, 4.69) is 16.1 Å². The molecule has 6 heteroatoms. The van der Waals surface area contributed by atoms with Crippen LogP contribution in [0, 0.1) is 0 Å². The van der Waals surface area contributed by atoms with Crippen molar-refractivity contribution < 1.29 is 8.42 Å². The Morgan fingerprint density at radius 2 is 2.05 bits per heavy atom. The molecule has 1 heterocycles. The van der Waals surface area contributed by atoms with Gasteiger partial charge in [-0.1, -0.05) is 12.1 Å². The molecule has 2 aromatic rings. The molecule has 0 unspecified atom stereocenters. The van der Waals surface area contributed by atoms with E-state index in [1.165, 1.54) is 41.6 Å². The fourth-order valence-electron chi connectivity index (χ4n) is 2.62. The molecule has 0 spiro atoms. The number of fused-ring (bicyclic) bond motifs is 1. The van der Waals surface area contributed by atoms with Crippen LogP contribution < -0.4 is 10.0 Å². The Bertz CT molecular complexity index is 729. The molecule has 21 heavy (non-hydrogen) atoms. The van der Waals surface area contributed by atoms with Crippen LogP contribution in [0.3, 0.4) is 0 Å². The van der Waals surface area contributed by atoms with Crippen LogP contribution in [0.15, 0.2) is 35.2 Å². The van der Waals surface area contributed by atoms with E-state index in [4.69, 9.17) is 0 Å². The third kappa shape index (κ3) is 2.97. The first-order chi connectivity index (χ1) is 10.1. The van der Waals surface area contributed by atoms with Crippen molar-refractivity contribution in [3.05, 3.63) is 45.6 Å². The Morgan fingerprint density at radius 1 is 1.24 bits per heavy atom. The van der Waals surface area contributed by atoms with Gasteiger partial charge in [-0.2, -0.15) is 0 Å². The van der Waals surface area contributed by atoms with Crippen LogP contribution in [0.25, 0.3) is 0 Å². The minimum Gasteiger partial charge on any atom is -0.379 e. The molecule has 0 saturated heterocycles. The summed E-state index contributed by atoms with van der Waals surface area (Å²) >= 11 is 1.83. The quantitative estimate of drug-likeness (QED) is 0.890. The predicted molar refractivity (Wildman–Crippen MR) is 86.4 cm³/mol. The third-order valence-corrected chi connectivity index (χ3v) is 6.41. The molecule has 3 rings (SSSR count). The molecule has 2 N–H and O–H groups in total. The highest BCUT2D eigenvalue weighted by Crippen LogP contribution is 2.31. The molecule has 0 fully saturated rings. The smallest absolute Gasteiger partial charge is 0.242 e. The largest absolute Gasteiger partial charge is 0.379 e. The van der Waals surface area contributed by atoms with E-state index in [9.17, 15) is 8.42 Å². The zero-order chi connectivity index (χ0) is 14.9. The molecular formula is C15H18N2O2S2. The molecule has 0 aliphatic heterocycles. The molecular weight excluding hydrogens is 304 g/mol. The topological polar surface area (TPSA) is 58.2 Å². The number of nitrogens with one attached hydrogen (secondary N) is 2. The van der Waals surface area contributed by atoms with Gasteiger partial charge in [-0.15, -0.1) is 11.3 Å². The molecule has 1 aromatic carbocycles. The summed E-state index contributed by atoms with van der Waals surface area (Å²) in [6.07, 6.45) is 3.62. The van der Waals surface area contributed by atoms with Crippen LogP contribution >= 0.6 is 11.3 Å². The number of rotatable bonds is 5. The highest BCUT2D eigenvalue weighted by molar-refractivity contribution is 7.89. The van der Waals surface area contributed by atoms with Crippen molar-refractivity contribution in [3.8, 4) is 0 Å². The van der Waals surface area contributed by atoms with Crippen LogP contribution in [0.1, 0.15) is 21.7 Å². The van der Waals surface area contributed by atoms with Crippen molar-refractivity contribution in [1.82, 2.24) is 4.72 Å². The van der Waals surface area contributed by atoms with Crippen molar-refractivity contribution in [2.24, 2.45) is 0 Å². The summed E-state index contributed by atoms with van der Waals surface area (Å²) < 4.78 is 26.4. The molecule has 112 valence electrons. The van der Waals surface area contributed by atoms with Gasteiger partial charge in [0.25, 0.3) is 0 Å². The summed E-state index contributed by atoms with van der Waals surface area (Å²) in [5.41, 5.74) is 2.10. The van der Waals surface area contributed by atoms with Gasteiger partial charge in [-0.3, -0.25) is 0 Å². The highest BCUT2D eigenvalue weighted by atomic mass is 32.2. The molecule has 1 aliphatic rings. The van der Waals surface area contributed by atoms with Crippen molar-refractivity contribution in [1.29, 1.82) is 0 Å². The number of thiophene rings is 1. The number of hydrogen-bond acceptors (Lipinski definition) is 4. The first kappa shape index (κ1) is 14.6. The van der Waals surface area contributed by atoms with Gasteiger partial charge in [-0.05, 0) is 50.1 Å². The van der Waals surface area contributed by atoms with Gasteiger partial charge in [0, 0.05) is 16.3 Å². The van der Waals surface area contributed by atoms with E-state index in [0.29, 0.717) is 12.2 Å². The zero-order valence-electron chi connectivity index (χ0n) is 11.8. The Balaban J connectivity index is 1.79. The second-order valence-electron chi connectivity index (χ2n) is 5.07. The fraction of sp³-hybridized carbons (Fsp3) is 0.333. The minimum atomic E-state index is -3.44. The Morgan fingerprint density at radius 3 is 2.81 bits per heavy atom. The molecule has 0 amide bonds. The first-order valence-corrected chi connectivity index (χ1v) is 9.27. The summed E-state index contributed by atoms with van der Waals surface area (Å²) in [4.78, 5) is 3.04. The first-order valence-electron chi connectivity index (χ1n) is 6.97. The number of anilines is 1. The third-order valence-electron chi connectivity index (χ3n) is 3.70. The van der Waals surface area contributed by atoms with E-state index >= 15 is 0 Å². The average molecular weight is 322 g/mol. The van der Waals surface area contributed by atoms with Crippen LogP contribution in [-0.2, 0) is 29.4 Å². The molecule has 0 bridgehead atoms. The summed E-state index contributed by atoms with van der Waals surface area (Å²) in [6.45, 7) is 0.661. The Labute approximate surface area is 129 Å². The molecule has 4 nitrogen and oxygen atoms in total. The second-order valence-corrected chi connectivity index (χ2v) is 8.15. The van der Waals surface area contributed by atoms with Gasteiger partial charge >= 0.3 is 0 Å². The van der Waals surface area contributed by atoms with Gasteiger partial charge in [0.2, 0.25) is 10.0 Å². The summed E-state index contributed by atoms with van der Waals surface area (Å²) in [6, 6.07) is 9.23. The SMILES string of the molecule is CNS(=O)(=O)c1ccccc1NCc1cc2c(s1)CCC2. The molecule has 1 aromatic heterocycles. The standard InChI is InChI=1S/C15H18N2O2S2/c1-16-21(18,19)15-8-3-2-6-13(15)17-10-12-9-11-5-4-7-14(11)20-12/h2-3,6,8-9,16-17H,4-5,7,10H2,1H3. The van der Waals surface area contributed by atoms with E-state index in [1.807, 2.05) is 17.4 Å². The number of sulfonamides is 1.